The van der Waals surface area contributed by atoms with Crippen molar-refractivity contribution in [1.82, 2.24) is 9.78 Å². The highest BCUT2D eigenvalue weighted by Crippen LogP contribution is 2.28. The van der Waals surface area contributed by atoms with Crippen LogP contribution in [-0.4, -0.2) is 15.7 Å². The number of aromatic nitrogens is 2. The normalized spacial score (nSPS) is 10.9. The lowest BCUT2D eigenvalue weighted by molar-refractivity contribution is -0.118. The molecule has 28 heavy (non-hydrogen) atoms. The van der Waals surface area contributed by atoms with E-state index in [0.717, 1.165) is 5.56 Å². The summed E-state index contributed by atoms with van der Waals surface area (Å²) < 4.78 is 14.9. The van der Waals surface area contributed by atoms with Gasteiger partial charge in [0.2, 0.25) is 11.3 Å². The Kier molecular flexibility index (Phi) is 5.40. The van der Waals surface area contributed by atoms with Gasteiger partial charge < -0.3 is 5.32 Å². The Morgan fingerprint density at radius 2 is 1.64 bits per heavy atom. The number of carbonyl (C=O) groups excluding carboxylic acids is 1. The average Bonchev–Trinajstić information content (AvgIpc) is 2.66. The van der Waals surface area contributed by atoms with E-state index in [0.29, 0.717) is 16.8 Å². The fourth-order valence-corrected chi connectivity index (χ4v) is 2.77. The Balaban J connectivity index is 2.32. The number of hydrogen-bond acceptors (Lipinski definition) is 3. The molecular weight excluding hydrogens is 357 g/mol. The van der Waals surface area contributed by atoms with E-state index in [1.165, 1.54) is 16.8 Å². The number of aryl methyl sites for hydroxylation is 2. The van der Waals surface area contributed by atoms with Crippen LogP contribution >= 0.6 is 0 Å². The van der Waals surface area contributed by atoms with Gasteiger partial charge in [0.15, 0.2) is 0 Å². The largest absolute Gasteiger partial charge is 0.310 e. The van der Waals surface area contributed by atoms with Crippen molar-refractivity contribution in [2.45, 2.75) is 27.7 Å². The van der Waals surface area contributed by atoms with Gasteiger partial charge in [0.05, 0.1) is 11.3 Å². The van der Waals surface area contributed by atoms with Gasteiger partial charge in [-0.2, -0.15) is 5.10 Å². The van der Waals surface area contributed by atoms with E-state index in [1.54, 1.807) is 32.9 Å². The van der Waals surface area contributed by atoms with Crippen LogP contribution in [0.1, 0.15) is 25.1 Å². The third-order valence-electron chi connectivity index (χ3n) is 4.43. The Labute approximate surface area is 162 Å². The Hall–Kier alpha value is -3.28. The molecule has 0 radical (unpaired) electrons. The standard InChI is InChI=1S/C22H22FN3O2/c1-13(2)22(28)24-21-19(16-7-5-14(3)6-8-16)20(27)15(4)25-26(21)18-11-9-17(23)10-12-18/h5-13H,1-4H3,(H,24,28). The summed E-state index contributed by atoms with van der Waals surface area (Å²) in [4.78, 5) is 25.4. The van der Waals surface area contributed by atoms with Crippen LogP contribution in [0.5, 0.6) is 0 Å². The van der Waals surface area contributed by atoms with Crippen molar-refractivity contribution in [2.75, 3.05) is 5.32 Å². The highest BCUT2D eigenvalue weighted by Gasteiger charge is 2.21. The minimum atomic E-state index is -0.381. The molecule has 5 nitrogen and oxygen atoms in total. The maximum absolute atomic E-state index is 13.4. The molecule has 0 atom stereocenters. The summed E-state index contributed by atoms with van der Waals surface area (Å²) in [7, 11) is 0. The van der Waals surface area contributed by atoms with Gasteiger partial charge in [-0.1, -0.05) is 43.7 Å². The molecule has 0 saturated heterocycles. The van der Waals surface area contributed by atoms with Crippen molar-refractivity contribution < 1.29 is 9.18 Å². The number of anilines is 1. The van der Waals surface area contributed by atoms with E-state index in [4.69, 9.17) is 0 Å². The Morgan fingerprint density at radius 1 is 1.04 bits per heavy atom. The molecule has 0 unspecified atom stereocenters. The Morgan fingerprint density at radius 3 is 2.21 bits per heavy atom. The molecule has 0 aliphatic carbocycles. The number of hydrogen-bond donors (Lipinski definition) is 1. The van der Waals surface area contributed by atoms with Crippen LogP contribution in [-0.2, 0) is 4.79 Å². The first-order chi connectivity index (χ1) is 13.3. The number of nitrogens with zero attached hydrogens (tertiary/aromatic N) is 2. The smallest absolute Gasteiger partial charge is 0.228 e. The van der Waals surface area contributed by atoms with Crippen LogP contribution in [0.25, 0.3) is 16.8 Å². The molecule has 1 aromatic heterocycles. The molecule has 0 saturated carbocycles. The minimum Gasteiger partial charge on any atom is -0.310 e. The van der Waals surface area contributed by atoms with Crippen LogP contribution in [0.15, 0.2) is 53.3 Å². The lowest BCUT2D eigenvalue weighted by atomic mass is 10.0. The summed E-state index contributed by atoms with van der Waals surface area (Å²) in [5, 5.41) is 7.20. The predicted molar refractivity (Wildman–Crippen MR) is 108 cm³/mol. The van der Waals surface area contributed by atoms with E-state index < -0.39 is 0 Å². The predicted octanol–water partition coefficient (Wildman–Crippen LogP) is 4.25. The van der Waals surface area contributed by atoms with E-state index in [9.17, 15) is 14.0 Å². The first-order valence-corrected chi connectivity index (χ1v) is 9.05. The summed E-state index contributed by atoms with van der Waals surface area (Å²) in [5.41, 5.74) is 2.64. The molecular formula is C22H22FN3O2. The molecule has 2 aromatic carbocycles. The average molecular weight is 379 g/mol. The molecule has 6 heteroatoms. The minimum absolute atomic E-state index is 0.241. The second-order valence-corrected chi connectivity index (χ2v) is 7.04. The first kappa shape index (κ1) is 19.5. The molecule has 0 aliphatic heterocycles. The monoisotopic (exact) mass is 379 g/mol. The SMILES string of the molecule is Cc1ccc(-c2c(NC(=O)C(C)C)n(-c3ccc(F)cc3)nc(C)c2=O)cc1. The van der Waals surface area contributed by atoms with Gasteiger partial charge in [-0.3, -0.25) is 9.59 Å². The van der Waals surface area contributed by atoms with E-state index in [2.05, 4.69) is 10.4 Å². The number of nitrogens with one attached hydrogen (secondary N) is 1. The van der Waals surface area contributed by atoms with E-state index in [1.807, 2.05) is 31.2 Å². The third kappa shape index (κ3) is 3.86. The van der Waals surface area contributed by atoms with Gasteiger partial charge in [0, 0.05) is 5.92 Å². The summed E-state index contributed by atoms with van der Waals surface area (Å²) in [6.45, 7) is 7.11. The fourth-order valence-electron chi connectivity index (χ4n) is 2.77. The maximum Gasteiger partial charge on any atom is 0.228 e. The lowest BCUT2D eigenvalue weighted by Gasteiger charge is -2.19. The molecule has 3 aromatic rings. The summed E-state index contributed by atoms with van der Waals surface area (Å²) in [5.74, 6) is -0.643. The zero-order valence-electron chi connectivity index (χ0n) is 16.3. The topological polar surface area (TPSA) is 64.0 Å². The van der Waals surface area contributed by atoms with E-state index >= 15 is 0 Å². The van der Waals surface area contributed by atoms with Crippen molar-refractivity contribution in [2.24, 2.45) is 5.92 Å². The highest BCUT2D eigenvalue weighted by molar-refractivity contribution is 5.95. The van der Waals surface area contributed by atoms with Crippen LogP contribution in [0.4, 0.5) is 10.2 Å². The van der Waals surface area contributed by atoms with E-state index in [-0.39, 0.29) is 34.6 Å². The van der Waals surface area contributed by atoms with Gasteiger partial charge in [0.1, 0.15) is 17.3 Å². The van der Waals surface area contributed by atoms with Crippen LogP contribution in [0, 0.1) is 25.6 Å². The molecule has 0 fully saturated rings. The number of amides is 1. The molecule has 3 rings (SSSR count). The molecule has 0 spiro atoms. The molecule has 144 valence electrons. The van der Waals surface area contributed by atoms with Gasteiger partial charge in [-0.15, -0.1) is 0 Å². The Bertz CT molecular complexity index is 1070. The van der Waals surface area contributed by atoms with Gasteiger partial charge in [-0.25, -0.2) is 9.07 Å². The number of benzene rings is 2. The van der Waals surface area contributed by atoms with Crippen molar-refractivity contribution >= 4 is 11.7 Å². The molecule has 0 bridgehead atoms. The summed E-state index contributed by atoms with van der Waals surface area (Å²) in [6, 6.07) is 13.2. The highest BCUT2D eigenvalue weighted by atomic mass is 19.1. The molecule has 1 amide bonds. The van der Waals surface area contributed by atoms with Crippen molar-refractivity contribution in [3.8, 4) is 16.8 Å². The van der Waals surface area contributed by atoms with Gasteiger partial charge in [-0.05, 0) is 43.7 Å². The van der Waals surface area contributed by atoms with Crippen molar-refractivity contribution in [3.63, 3.8) is 0 Å². The zero-order chi connectivity index (χ0) is 20.4. The lowest BCUT2D eigenvalue weighted by Crippen LogP contribution is -2.26. The second kappa shape index (κ2) is 7.76. The molecule has 1 heterocycles. The van der Waals surface area contributed by atoms with Crippen molar-refractivity contribution in [3.05, 3.63) is 75.8 Å². The first-order valence-electron chi connectivity index (χ1n) is 9.05. The second-order valence-electron chi connectivity index (χ2n) is 7.04. The van der Waals surface area contributed by atoms with Gasteiger partial charge in [0.25, 0.3) is 0 Å². The zero-order valence-corrected chi connectivity index (χ0v) is 16.3. The van der Waals surface area contributed by atoms with Crippen LogP contribution in [0.2, 0.25) is 0 Å². The molecule has 0 aliphatic rings. The quantitative estimate of drug-likeness (QED) is 0.737. The number of carbonyl (C=O) groups is 1. The van der Waals surface area contributed by atoms with Gasteiger partial charge >= 0.3 is 0 Å². The van der Waals surface area contributed by atoms with Crippen LogP contribution in [0.3, 0.4) is 0 Å². The third-order valence-corrected chi connectivity index (χ3v) is 4.43. The summed E-state index contributed by atoms with van der Waals surface area (Å²) >= 11 is 0. The number of halogens is 1. The maximum atomic E-state index is 13.4. The number of rotatable bonds is 4. The molecule has 1 N–H and O–H groups in total. The fraction of sp³-hybridized carbons (Fsp3) is 0.227. The van der Waals surface area contributed by atoms with Crippen molar-refractivity contribution in [1.29, 1.82) is 0 Å². The van der Waals surface area contributed by atoms with Crippen LogP contribution < -0.4 is 10.7 Å². The summed E-state index contributed by atoms with van der Waals surface area (Å²) in [6.07, 6.45) is 0.